The van der Waals surface area contributed by atoms with Gasteiger partial charge in [-0.1, -0.05) is 11.6 Å². The van der Waals surface area contributed by atoms with Crippen molar-refractivity contribution in [3.05, 3.63) is 51.1 Å². The maximum atomic E-state index is 13.1. The van der Waals surface area contributed by atoms with E-state index in [9.17, 15) is 13.2 Å². The van der Waals surface area contributed by atoms with Crippen molar-refractivity contribution < 1.29 is 17.9 Å². The van der Waals surface area contributed by atoms with E-state index in [2.05, 4.69) is 27.9 Å². The van der Waals surface area contributed by atoms with Gasteiger partial charge in [0.15, 0.2) is 0 Å². The van der Waals surface area contributed by atoms with Gasteiger partial charge < -0.3 is 10.1 Å². The number of piperidine rings is 1. The fourth-order valence-corrected chi connectivity index (χ4v) is 5.45. The summed E-state index contributed by atoms with van der Waals surface area (Å²) in [5, 5.41) is 3.18. The first-order chi connectivity index (χ1) is 13.3. The summed E-state index contributed by atoms with van der Waals surface area (Å²) in [7, 11) is -2.42. The van der Waals surface area contributed by atoms with E-state index in [0.717, 1.165) is 3.57 Å². The van der Waals surface area contributed by atoms with Crippen molar-refractivity contribution in [2.45, 2.75) is 17.7 Å². The second-order valence-corrected chi connectivity index (χ2v) is 10.1. The van der Waals surface area contributed by atoms with E-state index >= 15 is 0 Å². The molecule has 2 aromatic rings. The van der Waals surface area contributed by atoms with Crippen molar-refractivity contribution in [2.75, 3.05) is 25.5 Å². The summed E-state index contributed by atoms with van der Waals surface area (Å²) in [6, 6.07) is 11.9. The number of carbonyl (C=O) groups is 1. The number of nitrogens with zero attached hydrogens (tertiary/aromatic N) is 1. The Morgan fingerprint density at radius 1 is 1.25 bits per heavy atom. The molecule has 6 nitrogen and oxygen atoms in total. The third-order valence-corrected chi connectivity index (χ3v) is 7.45. The van der Waals surface area contributed by atoms with Gasteiger partial charge in [0.25, 0.3) is 0 Å². The minimum Gasteiger partial charge on any atom is -0.495 e. The largest absolute Gasteiger partial charge is 0.495 e. The van der Waals surface area contributed by atoms with Gasteiger partial charge in [0, 0.05) is 27.4 Å². The monoisotopic (exact) mass is 534 g/mol. The van der Waals surface area contributed by atoms with Crippen molar-refractivity contribution in [2.24, 2.45) is 5.92 Å². The lowest BCUT2D eigenvalue weighted by atomic mass is 9.99. The van der Waals surface area contributed by atoms with Crippen LogP contribution >= 0.6 is 34.2 Å². The fourth-order valence-electron chi connectivity index (χ4n) is 3.14. The summed E-state index contributed by atoms with van der Waals surface area (Å²) in [6.07, 6.45) is 1.24. The van der Waals surface area contributed by atoms with Gasteiger partial charge in [-0.05, 0) is 77.9 Å². The zero-order chi connectivity index (χ0) is 20.3. The lowest BCUT2D eigenvalue weighted by molar-refractivity contribution is -0.120. The molecule has 3 rings (SSSR count). The fraction of sp³-hybridized carbons (Fsp3) is 0.316. The summed E-state index contributed by atoms with van der Waals surface area (Å²) < 4.78 is 33.9. The van der Waals surface area contributed by atoms with E-state index in [1.54, 1.807) is 6.07 Å². The predicted molar refractivity (Wildman–Crippen MR) is 117 cm³/mol. The second kappa shape index (κ2) is 8.98. The number of amides is 1. The molecular formula is C19H20ClIN2O4S. The summed E-state index contributed by atoms with van der Waals surface area (Å²) in [5.41, 5.74) is 0.696. The predicted octanol–water partition coefficient (Wildman–Crippen LogP) is 3.99. The Labute approximate surface area is 183 Å². The molecule has 2 aromatic carbocycles. The molecule has 1 atom stereocenters. The first kappa shape index (κ1) is 21.4. The highest BCUT2D eigenvalue weighted by Gasteiger charge is 2.35. The topological polar surface area (TPSA) is 75.7 Å². The molecule has 1 heterocycles. The molecule has 0 unspecified atom stereocenters. The number of halogens is 2. The summed E-state index contributed by atoms with van der Waals surface area (Å²) >= 11 is 8.19. The van der Waals surface area contributed by atoms with Gasteiger partial charge in [-0.2, -0.15) is 4.31 Å². The van der Waals surface area contributed by atoms with Crippen LogP contribution in [-0.4, -0.2) is 38.8 Å². The van der Waals surface area contributed by atoms with Crippen molar-refractivity contribution in [1.29, 1.82) is 0 Å². The molecule has 0 aliphatic carbocycles. The third kappa shape index (κ3) is 4.79. The molecule has 150 valence electrons. The summed E-state index contributed by atoms with van der Waals surface area (Å²) in [5.74, 6) is -0.373. The Hall–Kier alpha value is -1.36. The number of nitrogens with one attached hydrogen (secondary N) is 1. The van der Waals surface area contributed by atoms with E-state index in [-0.39, 0.29) is 23.1 Å². The molecule has 0 saturated carbocycles. The van der Waals surface area contributed by atoms with E-state index in [1.165, 1.54) is 23.5 Å². The Balaban J connectivity index is 1.78. The van der Waals surface area contributed by atoms with E-state index in [4.69, 9.17) is 16.3 Å². The zero-order valence-electron chi connectivity index (χ0n) is 15.2. The van der Waals surface area contributed by atoms with Crippen LogP contribution in [0.5, 0.6) is 5.75 Å². The summed E-state index contributed by atoms with van der Waals surface area (Å²) in [4.78, 5) is 12.7. The average molecular weight is 535 g/mol. The van der Waals surface area contributed by atoms with E-state index < -0.39 is 15.9 Å². The molecule has 9 heteroatoms. The molecule has 1 N–H and O–H groups in total. The highest BCUT2D eigenvalue weighted by atomic mass is 127. The van der Waals surface area contributed by atoms with Gasteiger partial charge in [-0.25, -0.2) is 8.42 Å². The van der Waals surface area contributed by atoms with Crippen LogP contribution in [0, 0.1) is 9.49 Å². The Kier molecular flexibility index (Phi) is 6.85. The third-order valence-electron chi connectivity index (χ3n) is 4.61. The number of ether oxygens (including phenoxy) is 1. The Morgan fingerprint density at radius 2 is 1.96 bits per heavy atom. The molecule has 0 spiro atoms. The standard InChI is InChI=1S/C19H20ClIN2O4S/c1-27-17-9-4-14(20)11-18(17)28(25,26)23-10-2-3-13(12-23)19(24)22-16-7-5-15(21)6-8-16/h4-9,11,13H,2-3,10,12H2,1H3,(H,22,24)/t13-/m0/s1. The SMILES string of the molecule is COc1ccc(Cl)cc1S(=O)(=O)N1CCC[C@H](C(=O)Nc2ccc(I)cc2)C1. The smallest absolute Gasteiger partial charge is 0.246 e. The van der Waals surface area contributed by atoms with Crippen molar-refractivity contribution in [1.82, 2.24) is 4.31 Å². The zero-order valence-corrected chi connectivity index (χ0v) is 18.9. The van der Waals surface area contributed by atoms with Crippen molar-refractivity contribution in [3.63, 3.8) is 0 Å². The molecule has 1 fully saturated rings. The van der Waals surface area contributed by atoms with Crippen LogP contribution in [0.1, 0.15) is 12.8 Å². The minimum atomic E-state index is -3.83. The molecule has 0 bridgehead atoms. The number of hydrogen-bond acceptors (Lipinski definition) is 4. The van der Waals surface area contributed by atoms with Crippen molar-refractivity contribution in [3.8, 4) is 5.75 Å². The Bertz CT molecular complexity index is 966. The lowest BCUT2D eigenvalue weighted by Gasteiger charge is -2.31. The molecule has 1 aliphatic rings. The number of sulfonamides is 1. The van der Waals surface area contributed by atoms with Crippen LogP contribution in [0.15, 0.2) is 47.4 Å². The molecule has 28 heavy (non-hydrogen) atoms. The van der Waals surface area contributed by atoms with Gasteiger partial charge in [0.05, 0.1) is 13.0 Å². The molecule has 1 amide bonds. The number of rotatable bonds is 5. The van der Waals surface area contributed by atoms with Gasteiger partial charge in [-0.3, -0.25) is 4.79 Å². The van der Waals surface area contributed by atoms with Crippen LogP contribution in [0.3, 0.4) is 0 Å². The highest BCUT2D eigenvalue weighted by molar-refractivity contribution is 14.1. The first-order valence-electron chi connectivity index (χ1n) is 8.71. The van der Waals surface area contributed by atoms with E-state index in [1.807, 2.05) is 24.3 Å². The van der Waals surface area contributed by atoms with Crippen LogP contribution in [0.4, 0.5) is 5.69 Å². The number of benzene rings is 2. The molecule has 0 radical (unpaired) electrons. The number of hydrogen-bond donors (Lipinski definition) is 1. The first-order valence-corrected chi connectivity index (χ1v) is 11.6. The number of anilines is 1. The maximum absolute atomic E-state index is 13.1. The average Bonchev–Trinajstić information content (AvgIpc) is 2.69. The number of carbonyl (C=O) groups excluding carboxylic acids is 1. The quantitative estimate of drug-likeness (QED) is 0.589. The molecular weight excluding hydrogens is 515 g/mol. The molecule has 1 aliphatic heterocycles. The maximum Gasteiger partial charge on any atom is 0.246 e. The van der Waals surface area contributed by atoms with Crippen LogP contribution in [0.2, 0.25) is 5.02 Å². The summed E-state index contributed by atoms with van der Waals surface area (Å²) in [6.45, 7) is 0.472. The molecule has 0 aromatic heterocycles. The van der Waals surface area contributed by atoms with Crippen LogP contribution in [0.25, 0.3) is 0 Å². The molecule has 1 saturated heterocycles. The van der Waals surface area contributed by atoms with Gasteiger partial charge in [0.2, 0.25) is 15.9 Å². The second-order valence-electron chi connectivity index (χ2n) is 6.49. The number of methoxy groups -OCH3 is 1. The van der Waals surface area contributed by atoms with Crippen molar-refractivity contribution >= 4 is 55.8 Å². The van der Waals surface area contributed by atoms with Gasteiger partial charge in [-0.15, -0.1) is 0 Å². The normalized spacial score (nSPS) is 17.9. The van der Waals surface area contributed by atoms with E-state index in [0.29, 0.717) is 30.1 Å². The minimum absolute atomic E-state index is 0.0150. The van der Waals surface area contributed by atoms with Crippen LogP contribution in [-0.2, 0) is 14.8 Å². The van der Waals surface area contributed by atoms with Gasteiger partial charge >= 0.3 is 0 Å². The Morgan fingerprint density at radius 3 is 2.64 bits per heavy atom. The highest BCUT2D eigenvalue weighted by Crippen LogP contribution is 2.32. The van der Waals surface area contributed by atoms with Crippen LogP contribution < -0.4 is 10.1 Å². The lowest BCUT2D eigenvalue weighted by Crippen LogP contribution is -2.43. The van der Waals surface area contributed by atoms with Gasteiger partial charge in [0.1, 0.15) is 10.6 Å².